The molecule has 1 saturated carbocycles. The zero-order chi connectivity index (χ0) is 41.5. The Balaban J connectivity index is 1.76. The molecule has 13 nitrogen and oxygen atoms in total. The number of aliphatic hydroxyl groups excluding tert-OH is 3. The van der Waals surface area contributed by atoms with Gasteiger partial charge in [-0.15, -0.1) is 0 Å². The number of rotatable bonds is 6. The molecule has 2 bridgehead atoms. The maximum absolute atomic E-state index is 14.3. The second-order valence-corrected chi connectivity index (χ2v) is 17.3. The number of piperidine rings is 1. The number of hydrogen-bond donors (Lipinski definition) is 4. The van der Waals surface area contributed by atoms with E-state index in [0.29, 0.717) is 56.9 Å². The Labute approximate surface area is 334 Å². The van der Waals surface area contributed by atoms with Crippen molar-refractivity contribution in [1.29, 1.82) is 0 Å². The van der Waals surface area contributed by atoms with E-state index in [-0.39, 0.29) is 49.7 Å². The lowest BCUT2D eigenvalue weighted by atomic mass is 9.81. The summed E-state index contributed by atoms with van der Waals surface area (Å²) in [6.07, 6.45) is 3.62. The summed E-state index contributed by atoms with van der Waals surface area (Å²) >= 11 is 0. The minimum atomic E-state index is -2.49. The van der Waals surface area contributed by atoms with Gasteiger partial charge in [-0.1, -0.05) is 45.4 Å². The number of aliphatic hydroxyl groups is 4. The first-order valence-corrected chi connectivity index (χ1v) is 20.9. The Kier molecular flexibility index (Phi) is 17.1. The number of nitrogens with zero attached hydrogens (tertiary/aromatic N) is 1. The molecular formula is C43H71NO12. The summed E-state index contributed by atoms with van der Waals surface area (Å²) in [5.41, 5.74) is 1.75. The van der Waals surface area contributed by atoms with Crippen molar-refractivity contribution in [3.63, 3.8) is 0 Å². The summed E-state index contributed by atoms with van der Waals surface area (Å²) in [7, 11) is 4.66. The molecule has 1 amide bonds. The van der Waals surface area contributed by atoms with Crippen molar-refractivity contribution in [2.24, 2.45) is 29.6 Å². The van der Waals surface area contributed by atoms with Gasteiger partial charge in [0, 0.05) is 52.0 Å². The molecule has 2 saturated heterocycles. The van der Waals surface area contributed by atoms with Crippen molar-refractivity contribution in [3.05, 3.63) is 23.3 Å². The van der Waals surface area contributed by atoms with Crippen LogP contribution in [0, 0.1) is 29.6 Å². The smallest absolute Gasteiger partial charge is 0.329 e. The Morgan fingerprint density at radius 3 is 2.20 bits per heavy atom. The Bertz CT molecular complexity index is 1390. The number of allylic oxidation sites excluding steroid dienone is 2. The summed E-state index contributed by atoms with van der Waals surface area (Å²) in [5.74, 6) is -7.01. The van der Waals surface area contributed by atoms with E-state index in [0.717, 1.165) is 5.57 Å². The monoisotopic (exact) mass is 793 g/mol. The van der Waals surface area contributed by atoms with E-state index in [1.807, 2.05) is 26.8 Å². The molecule has 1 unspecified atom stereocenters. The fourth-order valence-electron chi connectivity index (χ4n) is 9.57. The van der Waals surface area contributed by atoms with Crippen LogP contribution in [0.1, 0.15) is 112 Å². The largest absolute Gasteiger partial charge is 0.456 e. The maximum atomic E-state index is 14.3. The van der Waals surface area contributed by atoms with Gasteiger partial charge in [0.1, 0.15) is 18.2 Å². The molecule has 56 heavy (non-hydrogen) atoms. The number of ketones is 1. The third kappa shape index (κ3) is 10.9. The number of Topliss-reactive ketones (excluding diaryl/α,β-unsaturated/α-hetero) is 1. The predicted molar refractivity (Wildman–Crippen MR) is 209 cm³/mol. The standard InChI is InChI=1S/C43H71NO12/c1-10-30-18-24(2)17-25(3)19-36(53-8)39-37(54-9)21-27(5)43(51,56-39)40(48)41(49)44-16-12-11-13-31(44)42(50)55-38(28(6)33(46)23-34(30)47)26(4)20-29-14-15-32(45)35(22-29)52-7/h18,20,25,27-39,45-47,51H,10-17,19,21-23H2,1-9H3/b24-18+,26-20+/t25-,27+,28+,29-,30+,31-,32+,33-,34+,35+,36?,37-,38+,39+,43+/m0/s1. The first-order valence-electron chi connectivity index (χ1n) is 20.9. The molecule has 0 aromatic rings. The number of cyclic esters (lactones) is 1. The van der Waals surface area contributed by atoms with E-state index < -0.39 is 84.1 Å². The molecule has 3 fully saturated rings. The summed E-state index contributed by atoms with van der Waals surface area (Å²) < 4.78 is 29.8. The molecule has 15 atom stereocenters. The van der Waals surface area contributed by atoms with Crippen LogP contribution in [0.5, 0.6) is 0 Å². The first kappa shape index (κ1) is 46.5. The number of hydrogen-bond acceptors (Lipinski definition) is 12. The molecule has 4 rings (SSSR count). The highest BCUT2D eigenvalue weighted by atomic mass is 16.7. The van der Waals surface area contributed by atoms with Crippen LogP contribution in [0.3, 0.4) is 0 Å². The van der Waals surface area contributed by atoms with Crippen LogP contribution >= 0.6 is 0 Å². The molecule has 0 aromatic heterocycles. The van der Waals surface area contributed by atoms with Crippen molar-refractivity contribution < 1.29 is 58.5 Å². The quantitative estimate of drug-likeness (QED) is 0.171. The van der Waals surface area contributed by atoms with Crippen molar-refractivity contribution in [1.82, 2.24) is 4.90 Å². The molecule has 4 aliphatic rings. The van der Waals surface area contributed by atoms with E-state index in [9.17, 15) is 34.8 Å². The van der Waals surface area contributed by atoms with E-state index >= 15 is 0 Å². The molecule has 0 spiro atoms. The van der Waals surface area contributed by atoms with Crippen LogP contribution in [-0.2, 0) is 38.1 Å². The average Bonchev–Trinajstić information content (AvgIpc) is 3.18. The average molecular weight is 794 g/mol. The minimum Gasteiger partial charge on any atom is -0.456 e. The lowest BCUT2D eigenvalue weighted by molar-refractivity contribution is -0.302. The van der Waals surface area contributed by atoms with Crippen LogP contribution in [0.2, 0.25) is 0 Å². The van der Waals surface area contributed by atoms with Gasteiger partial charge in [0.05, 0.1) is 36.6 Å². The number of methoxy groups -OCH3 is 3. The van der Waals surface area contributed by atoms with Gasteiger partial charge in [-0.25, -0.2) is 4.79 Å². The van der Waals surface area contributed by atoms with Gasteiger partial charge in [0.25, 0.3) is 11.7 Å². The van der Waals surface area contributed by atoms with Crippen molar-refractivity contribution >= 4 is 17.7 Å². The highest BCUT2D eigenvalue weighted by Gasteiger charge is 2.56. The first-order chi connectivity index (χ1) is 26.5. The zero-order valence-electron chi connectivity index (χ0n) is 35.2. The summed E-state index contributed by atoms with van der Waals surface area (Å²) in [6.45, 7) is 11.5. The lowest BCUT2D eigenvalue weighted by Gasteiger charge is -2.47. The van der Waals surface area contributed by atoms with Crippen molar-refractivity contribution in [2.75, 3.05) is 27.9 Å². The van der Waals surface area contributed by atoms with Crippen LogP contribution < -0.4 is 0 Å². The van der Waals surface area contributed by atoms with Gasteiger partial charge in [-0.3, -0.25) is 9.59 Å². The maximum Gasteiger partial charge on any atom is 0.329 e. The molecule has 0 aromatic carbocycles. The molecule has 4 N–H and O–H groups in total. The van der Waals surface area contributed by atoms with Gasteiger partial charge < -0.3 is 49.0 Å². The fraction of sp³-hybridized carbons (Fsp3) is 0.837. The third-order valence-corrected chi connectivity index (χ3v) is 13.1. The fourth-order valence-corrected chi connectivity index (χ4v) is 9.57. The highest BCUT2D eigenvalue weighted by Crippen LogP contribution is 2.39. The molecule has 0 radical (unpaired) electrons. The van der Waals surface area contributed by atoms with Gasteiger partial charge in [-0.05, 0) is 95.5 Å². The summed E-state index contributed by atoms with van der Waals surface area (Å²) in [6, 6.07) is -1.11. The van der Waals surface area contributed by atoms with Gasteiger partial charge in [-0.2, -0.15) is 0 Å². The number of carbonyl (C=O) groups excluding carboxylic acids is 3. The minimum absolute atomic E-state index is 0.0185. The van der Waals surface area contributed by atoms with E-state index in [2.05, 4.69) is 13.0 Å². The summed E-state index contributed by atoms with van der Waals surface area (Å²) in [4.78, 5) is 43.9. The van der Waals surface area contributed by atoms with Crippen molar-refractivity contribution in [3.8, 4) is 0 Å². The Morgan fingerprint density at radius 1 is 0.893 bits per heavy atom. The van der Waals surface area contributed by atoms with Gasteiger partial charge in [0.2, 0.25) is 5.79 Å². The second-order valence-electron chi connectivity index (χ2n) is 17.3. The Morgan fingerprint density at radius 2 is 1.55 bits per heavy atom. The highest BCUT2D eigenvalue weighted by molar-refractivity contribution is 6.39. The molecule has 1 aliphatic carbocycles. The Hall–Kier alpha value is -2.23. The number of esters is 1. The van der Waals surface area contributed by atoms with E-state index in [1.165, 1.54) is 4.90 Å². The number of ether oxygens (including phenoxy) is 5. The number of amides is 1. The van der Waals surface area contributed by atoms with Crippen LogP contribution in [0.4, 0.5) is 0 Å². The lowest BCUT2D eigenvalue weighted by Crippen LogP contribution is -2.64. The van der Waals surface area contributed by atoms with E-state index in [1.54, 1.807) is 35.2 Å². The molecule has 3 heterocycles. The second kappa shape index (κ2) is 20.6. The summed E-state index contributed by atoms with van der Waals surface area (Å²) in [5, 5.41) is 45.7. The zero-order valence-corrected chi connectivity index (χ0v) is 35.2. The number of fused-ring (bicyclic) bond motifs is 3. The SMILES string of the molecule is CC[C@@H]1/C=C(\C)C[C@H](C)CC(OC)[C@H]2O[C@@](O)(C(=O)C(=O)N3CCCC[C@H]3C(=O)O[C@H](/C(C)=C/[C@@H]3CC[C@@H](O)[C@H](OC)C3)[C@H](C)[C@@H](O)C[C@H]1O)[C@H](C)C[C@@H]2OC. The topological polar surface area (TPSA) is 182 Å². The van der Waals surface area contributed by atoms with Crippen LogP contribution in [0.15, 0.2) is 23.3 Å². The van der Waals surface area contributed by atoms with Gasteiger partial charge >= 0.3 is 5.97 Å². The predicted octanol–water partition coefficient (Wildman–Crippen LogP) is 4.26. The molecular weight excluding hydrogens is 722 g/mol. The van der Waals surface area contributed by atoms with Crippen LogP contribution in [-0.4, -0.2) is 132 Å². The normalized spacial score (nSPS) is 42.9. The third-order valence-electron chi connectivity index (χ3n) is 13.1. The van der Waals surface area contributed by atoms with E-state index in [4.69, 9.17) is 23.7 Å². The molecule has 3 aliphatic heterocycles. The van der Waals surface area contributed by atoms with Gasteiger partial charge in [0.15, 0.2) is 0 Å². The molecule has 13 heteroatoms. The number of carbonyl (C=O) groups is 3. The van der Waals surface area contributed by atoms with Crippen molar-refractivity contribution in [2.45, 2.75) is 173 Å². The van der Waals surface area contributed by atoms with Crippen LogP contribution in [0.25, 0.3) is 0 Å². The molecule has 320 valence electrons.